The zero-order chi connectivity index (χ0) is 15.2. The summed E-state index contributed by atoms with van der Waals surface area (Å²) >= 11 is 0. The maximum Gasteiger partial charge on any atom is 0.191 e. The van der Waals surface area contributed by atoms with Gasteiger partial charge in [0, 0.05) is 33.0 Å². The topological polar surface area (TPSA) is 67.8 Å². The molecule has 1 aromatic rings. The molecular formula is C15H26N4O2. The van der Waals surface area contributed by atoms with Gasteiger partial charge in [0.25, 0.3) is 0 Å². The standard InChI is InChI=1S/C15H26N4O2/c1-3-20-11-5-4-9-18-15(16-2)19-10-12-21-14-7-6-8-17-13-14/h6-8,13H,3-5,9-12H2,1-2H3,(H2,16,18,19). The van der Waals surface area contributed by atoms with Gasteiger partial charge in [0.05, 0.1) is 12.7 Å². The molecule has 1 rings (SSSR count). The molecule has 1 aromatic heterocycles. The molecule has 6 heteroatoms. The Morgan fingerprint density at radius 2 is 2.10 bits per heavy atom. The second-order valence-corrected chi connectivity index (χ2v) is 4.37. The highest BCUT2D eigenvalue weighted by atomic mass is 16.5. The van der Waals surface area contributed by atoms with Crippen molar-refractivity contribution < 1.29 is 9.47 Å². The van der Waals surface area contributed by atoms with Gasteiger partial charge in [0.1, 0.15) is 12.4 Å². The molecule has 1 heterocycles. The number of nitrogens with zero attached hydrogens (tertiary/aromatic N) is 2. The quantitative estimate of drug-likeness (QED) is 0.388. The van der Waals surface area contributed by atoms with E-state index in [1.807, 2.05) is 19.1 Å². The van der Waals surface area contributed by atoms with E-state index in [1.165, 1.54) is 0 Å². The van der Waals surface area contributed by atoms with E-state index in [9.17, 15) is 0 Å². The Bertz CT molecular complexity index is 385. The average molecular weight is 294 g/mol. The van der Waals surface area contributed by atoms with E-state index in [-0.39, 0.29) is 0 Å². The Kier molecular flexibility index (Phi) is 9.82. The summed E-state index contributed by atoms with van der Waals surface area (Å²) in [5.41, 5.74) is 0. The fraction of sp³-hybridized carbons (Fsp3) is 0.600. The molecule has 0 atom stereocenters. The second-order valence-electron chi connectivity index (χ2n) is 4.37. The van der Waals surface area contributed by atoms with Crippen molar-refractivity contribution in [2.24, 2.45) is 4.99 Å². The van der Waals surface area contributed by atoms with Crippen LogP contribution in [0.2, 0.25) is 0 Å². The molecule has 0 aliphatic carbocycles. The summed E-state index contributed by atoms with van der Waals surface area (Å²) in [5.74, 6) is 1.57. The van der Waals surface area contributed by atoms with E-state index >= 15 is 0 Å². The SMILES string of the molecule is CCOCCCCNC(=NC)NCCOc1cccnc1. The molecule has 0 aliphatic rings. The van der Waals surface area contributed by atoms with Gasteiger partial charge in [-0.05, 0) is 31.9 Å². The lowest BCUT2D eigenvalue weighted by Gasteiger charge is -2.12. The molecule has 0 spiro atoms. The van der Waals surface area contributed by atoms with Crippen molar-refractivity contribution in [1.82, 2.24) is 15.6 Å². The molecule has 0 fully saturated rings. The number of aliphatic imine (C=N–C) groups is 1. The van der Waals surface area contributed by atoms with Gasteiger partial charge in [-0.25, -0.2) is 0 Å². The van der Waals surface area contributed by atoms with Crippen LogP contribution >= 0.6 is 0 Å². The van der Waals surface area contributed by atoms with Gasteiger partial charge in [-0.1, -0.05) is 0 Å². The van der Waals surface area contributed by atoms with Crippen molar-refractivity contribution in [3.63, 3.8) is 0 Å². The fourth-order valence-electron chi connectivity index (χ4n) is 1.67. The van der Waals surface area contributed by atoms with Crippen molar-refractivity contribution in [2.45, 2.75) is 19.8 Å². The second kappa shape index (κ2) is 12.0. The maximum absolute atomic E-state index is 5.55. The highest BCUT2D eigenvalue weighted by Crippen LogP contribution is 2.04. The van der Waals surface area contributed by atoms with Gasteiger partial charge in [-0.3, -0.25) is 9.98 Å². The molecule has 0 amide bonds. The monoisotopic (exact) mass is 294 g/mol. The third-order valence-corrected chi connectivity index (χ3v) is 2.73. The highest BCUT2D eigenvalue weighted by molar-refractivity contribution is 5.79. The Morgan fingerprint density at radius 3 is 2.81 bits per heavy atom. The number of unbranched alkanes of at least 4 members (excludes halogenated alkanes) is 1. The van der Waals surface area contributed by atoms with Crippen LogP contribution in [-0.2, 0) is 4.74 Å². The van der Waals surface area contributed by atoms with Crippen LogP contribution in [0.1, 0.15) is 19.8 Å². The molecule has 0 bridgehead atoms. The van der Waals surface area contributed by atoms with Gasteiger partial charge in [0.2, 0.25) is 0 Å². The van der Waals surface area contributed by atoms with Crippen molar-refractivity contribution in [3.05, 3.63) is 24.5 Å². The molecule has 0 aliphatic heterocycles. The number of guanidine groups is 1. The zero-order valence-electron chi connectivity index (χ0n) is 13.0. The fourth-order valence-corrected chi connectivity index (χ4v) is 1.67. The third kappa shape index (κ3) is 8.86. The van der Waals surface area contributed by atoms with Crippen LogP contribution in [0, 0.1) is 0 Å². The lowest BCUT2D eigenvalue weighted by atomic mass is 10.3. The number of rotatable bonds is 10. The minimum atomic E-state index is 0.566. The third-order valence-electron chi connectivity index (χ3n) is 2.73. The number of pyridine rings is 1. The molecule has 21 heavy (non-hydrogen) atoms. The van der Waals surface area contributed by atoms with Crippen molar-refractivity contribution >= 4 is 5.96 Å². The summed E-state index contributed by atoms with van der Waals surface area (Å²) in [5, 5.41) is 6.46. The normalized spacial score (nSPS) is 11.2. The Morgan fingerprint density at radius 1 is 1.24 bits per heavy atom. The van der Waals surface area contributed by atoms with Gasteiger partial charge >= 0.3 is 0 Å². The van der Waals surface area contributed by atoms with Crippen LogP contribution in [0.3, 0.4) is 0 Å². The Hall–Kier alpha value is -1.82. The predicted octanol–water partition coefficient (Wildman–Crippen LogP) is 1.44. The van der Waals surface area contributed by atoms with Crippen LogP contribution < -0.4 is 15.4 Å². The molecule has 2 N–H and O–H groups in total. The van der Waals surface area contributed by atoms with Crippen LogP contribution in [0.25, 0.3) is 0 Å². The summed E-state index contributed by atoms with van der Waals surface area (Å²) in [6.07, 6.45) is 5.54. The molecule has 0 unspecified atom stereocenters. The number of hydrogen-bond donors (Lipinski definition) is 2. The van der Waals surface area contributed by atoms with E-state index in [4.69, 9.17) is 9.47 Å². The smallest absolute Gasteiger partial charge is 0.191 e. The molecule has 0 radical (unpaired) electrons. The number of nitrogens with one attached hydrogen (secondary N) is 2. The number of hydrogen-bond acceptors (Lipinski definition) is 4. The van der Waals surface area contributed by atoms with Crippen molar-refractivity contribution in [1.29, 1.82) is 0 Å². The molecule has 0 saturated carbocycles. The Labute approximate surface area is 127 Å². The summed E-state index contributed by atoms with van der Waals surface area (Å²) < 4.78 is 10.8. The van der Waals surface area contributed by atoms with Gasteiger partial charge in [-0.2, -0.15) is 0 Å². The lowest BCUT2D eigenvalue weighted by molar-refractivity contribution is 0.143. The number of ether oxygens (including phenoxy) is 2. The molecule has 0 aromatic carbocycles. The largest absolute Gasteiger partial charge is 0.490 e. The first-order chi connectivity index (χ1) is 10.4. The summed E-state index contributed by atoms with van der Waals surface area (Å²) in [6, 6.07) is 3.74. The van der Waals surface area contributed by atoms with E-state index in [0.717, 1.165) is 44.3 Å². The molecule has 0 saturated heterocycles. The molecule has 6 nitrogen and oxygen atoms in total. The number of aromatic nitrogens is 1. The van der Waals surface area contributed by atoms with E-state index < -0.39 is 0 Å². The van der Waals surface area contributed by atoms with E-state index in [0.29, 0.717) is 13.2 Å². The first-order valence-corrected chi connectivity index (χ1v) is 7.42. The summed E-state index contributed by atoms with van der Waals surface area (Å²) in [6.45, 7) is 5.76. The van der Waals surface area contributed by atoms with Gasteiger partial charge in [0.15, 0.2) is 5.96 Å². The predicted molar refractivity (Wildman–Crippen MR) is 84.8 cm³/mol. The average Bonchev–Trinajstić information content (AvgIpc) is 2.53. The maximum atomic E-state index is 5.55. The molecule has 118 valence electrons. The first-order valence-electron chi connectivity index (χ1n) is 7.42. The van der Waals surface area contributed by atoms with Crippen LogP contribution in [0.4, 0.5) is 0 Å². The van der Waals surface area contributed by atoms with Crippen molar-refractivity contribution in [2.75, 3.05) is 40.0 Å². The lowest BCUT2D eigenvalue weighted by Crippen LogP contribution is -2.39. The van der Waals surface area contributed by atoms with Crippen LogP contribution in [0.15, 0.2) is 29.5 Å². The molecular weight excluding hydrogens is 268 g/mol. The van der Waals surface area contributed by atoms with Crippen LogP contribution in [-0.4, -0.2) is 50.9 Å². The Balaban J connectivity index is 2.03. The zero-order valence-corrected chi connectivity index (χ0v) is 13.0. The highest BCUT2D eigenvalue weighted by Gasteiger charge is 1.97. The minimum absolute atomic E-state index is 0.566. The van der Waals surface area contributed by atoms with Crippen LogP contribution in [0.5, 0.6) is 5.75 Å². The van der Waals surface area contributed by atoms with E-state index in [1.54, 1.807) is 19.4 Å². The summed E-state index contributed by atoms with van der Waals surface area (Å²) in [4.78, 5) is 8.16. The minimum Gasteiger partial charge on any atom is -0.490 e. The van der Waals surface area contributed by atoms with Crippen molar-refractivity contribution in [3.8, 4) is 5.75 Å². The summed E-state index contributed by atoms with van der Waals surface area (Å²) in [7, 11) is 1.76. The van der Waals surface area contributed by atoms with E-state index in [2.05, 4.69) is 20.6 Å². The van der Waals surface area contributed by atoms with Gasteiger partial charge in [-0.15, -0.1) is 0 Å². The first kappa shape index (κ1) is 17.2. The van der Waals surface area contributed by atoms with Gasteiger partial charge < -0.3 is 20.1 Å².